The average molecular weight is 685 g/mol. The molecule has 0 N–H and O–H groups in total. The van der Waals surface area contributed by atoms with E-state index in [4.69, 9.17) is 0 Å². The topological polar surface area (TPSA) is 6.48 Å². The minimum Gasteiger partial charge on any atom is -0.337 e. The Hall–Kier alpha value is -6.12. The van der Waals surface area contributed by atoms with Gasteiger partial charge in [0.25, 0.3) is 0 Å². The molecule has 2 unspecified atom stereocenters. The zero-order valence-corrected chi connectivity index (χ0v) is 30.1. The average Bonchev–Trinajstić information content (AvgIpc) is 3.93. The quantitative estimate of drug-likeness (QED) is 0.143. The molecule has 0 heterocycles. The lowest BCUT2D eigenvalue weighted by molar-refractivity contribution is 0.526. The SMILES string of the molecule is C1=CCCCC(N(c2ccccc2)C23Cc4cc(/C=C/C=C/c5ccccc5)ccc4C(N(c4ccccc4)c4ccccc4)=C4C=CC=CC42C3)=C1. The molecule has 2 nitrogen and oxygen atoms in total. The van der Waals surface area contributed by atoms with Crippen LogP contribution in [0.4, 0.5) is 17.1 Å². The van der Waals surface area contributed by atoms with Crippen molar-refractivity contribution in [3.63, 3.8) is 0 Å². The molecule has 5 aromatic rings. The molecule has 0 radical (unpaired) electrons. The maximum absolute atomic E-state index is 2.75. The molecule has 5 aromatic carbocycles. The van der Waals surface area contributed by atoms with Crippen LogP contribution in [0, 0.1) is 5.41 Å². The summed E-state index contributed by atoms with van der Waals surface area (Å²) in [6.45, 7) is 0. The van der Waals surface area contributed by atoms with Crippen molar-refractivity contribution in [3.8, 4) is 0 Å². The molecular formula is C51H44N2. The Labute approximate surface area is 314 Å². The van der Waals surface area contributed by atoms with E-state index in [1.54, 1.807) is 0 Å². The Morgan fingerprint density at radius 2 is 1.25 bits per heavy atom. The first-order valence-corrected chi connectivity index (χ1v) is 19.0. The second-order valence-corrected chi connectivity index (χ2v) is 14.5. The third-order valence-corrected chi connectivity index (χ3v) is 11.3. The standard InChI is InChI=1S/C51H44N2/c1-2-10-30-45(29-9-1)53(46-31-15-6-16-32-46)51-38-42-37-41(24-18-17-23-40-21-7-3-8-22-40)34-35-47(42)49(48-33-19-20-36-50(48,51)39-51)52(43-25-11-4-12-26-43)44-27-13-5-14-28-44/h1,3-9,11-29,31-37H,2,10,30,38-39H2/b23-17+,24-18+. The van der Waals surface area contributed by atoms with Crippen molar-refractivity contribution in [1.29, 1.82) is 0 Å². The lowest BCUT2D eigenvalue weighted by Crippen LogP contribution is -2.43. The second-order valence-electron chi connectivity index (χ2n) is 14.5. The lowest BCUT2D eigenvalue weighted by Gasteiger charge is -2.40. The Morgan fingerprint density at radius 1 is 0.604 bits per heavy atom. The molecule has 4 aliphatic carbocycles. The zero-order valence-electron chi connectivity index (χ0n) is 30.1. The van der Waals surface area contributed by atoms with Crippen molar-refractivity contribution in [2.45, 2.75) is 37.6 Å². The zero-order chi connectivity index (χ0) is 35.5. The van der Waals surface area contributed by atoms with Crippen LogP contribution < -0.4 is 9.80 Å². The fraction of sp³-hybridized carbons (Fsp3) is 0.137. The Bertz CT molecular complexity index is 2270. The van der Waals surface area contributed by atoms with Crippen molar-refractivity contribution >= 4 is 34.9 Å². The summed E-state index contributed by atoms with van der Waals surface area (Å²) in [5.74, 6) is 0. The van der Waals surface area contributed by atoms with Gasteiger partial charge in [0.2, 0.25) is 0 Å². The highest BCUT2D eigenvalue weighted by Crippen LogP contribution is 2.72. The number of nitrogens with zero attached hydrogens (tertiary/aromatic N) is 2. The third kappa shape index (κ3) is 6.05. The van der Waals surface area contributed by atoms with Crippen LogP contribution in [0.5, 0.6) is 0 Å². The van der Waals surface area contributed by atoms with E-state index in [0.717, 1.165) is 43.5 Å². The van der Waals surface area contributed by atoms with Gasteiger partial charge in [0.15, 0.2) is 0 Å². The number of rotatable bonds is 9. The Kier molecular flexibility index (Phi) is 8.73. The second kappa shape index (κ2) is 14.1. The fourth-order valence-electron chi connectivity index (χ4n) is 8.92. The van der Waals surface area contributed by atoms with Gasteiger partial charge in [-0.05, 0) is 96.8 Å². The largest absolute Gasteiger partial charge is 0.337 e. The molecular weight excluding hydrogens is 641 g/mol. The van der Waals surface area contributed by atoms with Crippen LogP contribution in [0.1, 0.15) is 47.9 Å². The van der Waals surface area contributed by atoms with Crippen LogP contribution in [0.15, 0.2) is 205 Å². The lowest BCUT2D eigenvalue weighted by atomic mass is 9.83. The molecule has 0 amide bonds. The number of hydrogen-bond donors (Lipinski definition) is 0. The highest BCUT2D eigenvalue weighted by Gasteiger charge is 2.72. The molecule has 258 valence electrons. The maximum atomic E-state index is 2.75. The van der Waals surface area contributed by atoms with Gasteiger partial charge in [0.05, 0.1) is 11.2 Å². The summed E-state index contributed by atoms with van der Waals surface area (Å²) < 4.78 is 0. The molecule has 9 rings (SSSR count). The van der Waals surface area contributed by atoms with Crippen LogP contribution in [-0.4, -0.2) is 5.54 Å². The molecule has 53 heavy (non-hydrogen) atoms. The van der Waals surface area contributed by atoms with E-state index in [1.807, 2.05) is 0 Å². The molecule has 2 heteroatoms. The Balaban J connectivity index is 1.27. The normalized spacial score (nSPS) is 21.4. The number of anilines is 3. The first-order chi connectivity index (χ1) is 26.3. The summed E-state index contributed by atoms with van der Waals surface area (Å²) in [6.07, 6.45) is 30.5. The van der Waals surface area contributed by atoms with E-state index in [9.17, 15) is 0 Å². The molecule has 0 bridgehead atoms. The van der Waals surface area contributed by atoms with Crippen molar-refractivity contribution in [1.82, 2.24) is 0 Å². The smallest absolute Gasteiger partial charge is 0.0633 e. The highest BCUT2D eigenvalue weighted by atomic mass is 15.3. The van der Waals surface area contributed by atoms with Gasteiger partial charge in [-0.2, -0.15) is 0 Å². The number of fused-ring (bicyclic) bond motifs is 1. The van der Waals surface area contributed by atoms with Crippen molar-refractivity contribution in [3.05, 3.63) is 228 Å². The van der Waals surface area contributed by atoms with E-state index in [1.165, 1.54) is 44.9 Å². The monoisotopic (exact) mass is 684 g/mol. The van der Waals surface area contributed by atoms with Gasteiger partial charge in [-0.3, -0.25) is 0 Å². The van der Waals surface area contributed by atoms with Gasteiger partial charge in [-0.15, -0.1) is 0 Å². The molecule has 4 aliphatic rings. The third-order valence-electron chi connectivity index (χ3n) is 11.3. The maximum Gasteiger partial charge on any atom is 0.0633 e. The molecule has 2 atom stereocenters. The summed E-state index contributed by atoms with van der Waals surface area (Å²) >= 11 is 0. The molecule has 0 aromatic heterocycles. The van der Waals surface area contributed by atoms with E-state index < -0.39 is 0 Å². The number of para-hydroxylation sites is 3. The van der Waals surface area contributed by atoms with E-state index in [0.29, 0.717) is 0 Å². The van der Waals surface area contributed by atoms with Crippen LogP contribution >= 0.6 is 0 Å². The van der Waals surface area contributed by atoms with Crippen LogP contribution in [0.3, 0.4) is 0 Å². The van der Waals surface area contributed by atoms with Gasteiger partial charge in [-0.1, -0.05) is 164 Å². The molecule has 0 aliphatic heterocycles. The highest BCUT2D eigenvalue weighted by molar-refractivity contribution is 5.94. The van der Waals surface area contributed by atoms with E-state index in [-0.39, 0.29) is 11.0 Å². The van der Waals surface area contributed by atoms with Gasteiger partial charge in [-0.25, -0.2) is 0 Å². The minimum atomic E-state index is -0.195. The molecule has 1 saturated carbocycles. The molecule has 0 saturated heterocycles. The van der Waals surface area contributed by atoms with Crippen LogP contribution in [0.25, 0.3) is 17.8 Å². The number of benzene rings is 5. The van der Waals surface area contributed by atoms with E-state index >= 15 is 0 Å². The summed E-state index contributed by atoms with van der Waals surface area (Å²) in [7, 11) is 0. The predicted molar refractivity (Wildman–Crippen MR) is 225 cm³/mol. The van der Waals surface area contributed by atoms with E-state index in [2.05, 4.69) is 216 Å². The summed E-state index contributed by atoms with van der Waals surface area (Å²) in [4.78, 5) is 5.26. The summed E-state index contributed by atoms with van der Waals surface area (Å²) in [5.41, 5.74) is 12.3. The van der Waals surface area contributed by atoms with Crippen molar-refractivity contribution < 1.29 is 0 Å². The van der Waals surface area contributed by atoms with Gasteiger partial charge in [0.1, 0.15) is 0 Å². The Morgan fingerprint density at radius 3 is 1.94 bits per heavy atom. The van der Waals surface area contributed by atoms with Crippen molar-refractivity contribution in [2.75, 3.05) is 9.80 Å². The fourth-order valence-corrected chi connectivity index (χ4v) is 8.92. The first kappa shape index (κ1) is 32.8. The number of allylic oxidation sites excluding steroid dienone is 9. The first-order valence-electron chi connectivity index (χ1n) is 19.0. The van der Waals surface area contributed by atoms with Crippen LogP contribution in [0.2, 0.25) is 0 Å². The summed E-state index contributed by atoms with van der Waals surface area (Å²) in [5, 5.41) is 0. The molecule has 1 spiro atoms. The molecule has 1 fully saturated rings. The number of hydrogen-bond acceptors (Lipinski definition) is 2. The van der Waals surface area contributed by atoms with Gasteiger partial charge >= 0.3 is 0 Å². The van der Waals surface area contributed by atoms with Gasteiger partial charge in [0, 0.05) is 33.7 Å². The predicted octanol–water partition coefficient (Wildman–Crippen LogP) is 12.9. The van der Waals surface area contributed by atoms with Crippen LogP contribution in [-0.2, 0) is 6.42 Å². The van der Waals surface area contributed by atoms with Crippen molar-refractivity contribution in [2.24, 2.45) is 5.41 Å². The minimum absolute atomic E-state index is 0.194. The summed E-state index contributed by atoms with van der Waals surface area (Å²) in [6, 6.07) is 50.6. The van der Waals surface area contributed by atoms with Gasteiger partial charge < -0.3 is 9.80 Å².